The fourth-order valence-electron chi connectivity index (χ4n) is 0.923. The van der Waals surface area contributed by atoms with E-state index in [0.29, 0.717) is 0 Å². The summed E-state index contributed by atoms with van der Waals surface area (Å²) in [5.41, 5.74) is 5.24. The molecule has 0 saturated carbocycles. The van der Waals surface area contributed by atoms with Crippen molar-refractivity contribution in [2.75, 3.05) is 19.8 Å². The molecule has 0 aliphatic rings. The lowest BCUT2D eigenvalue weighted by Gasteiger charge is -2.20. The number of nitrogens with one attached hydrogen (secondary N) is 1. The predicted octanol–water partition coefficient (Wildman–Crippen LogP) is 0.649. The molecule has 1 amide bonds. The van der Waals surface area contributed by atoms with E-state index in [9.17, 15) is 9.59 Å². The van der Waals surface area contributed by atoms with E-state index < -0.39 is 18.1 Å². The largest absolute Gasteiger partial charge is 0.464 e. The van der Waals surface area contributed by atoms with E-state index in [1.165, 1.54) is 0 Å². The molecule has 0 aromatic rings. The summed E-state index contributed by atoms with van der Waals surface area (Å²) in [6.45, 7) is 7.98. The maximum absolute atomic E-state index is 11.4. The molecule has 0 radical (unpaired) electrons. The van der Waals surface area contributed by atoms with Gasteiger partial charge in [0.05, 0.1) is 13.2 Å². The van der Waals surface area contributed by atoms with Crippen LogP contribution in [0.25, 0.3) is 0 Å². The Morgan fingerprint density at radius 1 is 1.29 bits per heavy atom. The summed E-state index contributed by atoms with van der Waals surface area (Å²) in [5.74, 6) is -0.553. The van der Waals surface area contributed by atoms with Crippen LogP contribution in [0.5, 0.6) is 0 Å². The highest BCUT2D eigenvalue weighted by molar-refractivity contribution is 5.81. The van der Waals surface area contributed by atoms with Crippen LogP contribution in [-0.2, 0) is 14.3 Å². The average molecular weight is 246 g/mol. The quantitative estimate of drug-likeness (QED) is 0.695. The first-order valence-electron chi connectivity index (χ1n) is 5.60. The topological polar surface area (TPSA) is 90.6 Å². The van der Waals surface area contributed by atoms with Crippen LogP contribution < -0.4 is 11.1 Å². The Bertz CT molecular complexity index is 261. The number of hydrogen-bond acceptors (Lipinski definition) is 5. The third-order valence-electron chi connectivity index (χ3n) is 1.74. The second-order valence-electron chi connectivity index (χ2n) is 4.82. The van der Waals surface area contributed by atoms with Gasteiger partial charge in [0.15, 0.2) is 0 Å². The van der Waals surface area contributed by atoms with Crippen LogP contribution in [0.4, 0.5) is 4.79 Å². The maximum atomic E-state index is 11.4. The number of hydrogen-bond donors (Lipinski definition) is 2. The van der Waals surface area contributed by atoms with Gasteiger partial charge in [-0.1, -0.05) is 20.8 Å². The average Bonchev–Trinajstić information content (AvgIpc) is 2.22. The van der Waals surface area contributed by atoms with Crippen LogP contribution in [0.1, 0.15) is 27.7 Å². The second-order valence-corrected chi connectivity index (χ2v) is 4.82. The van der Waals surface area contributed by atoms with Crippen molar-refractivity contribution in [3.8, 4) is 0 Å². The third-order valence-corrected chi connectivity index (χ3v) is 1.74. The normalized spacial score (nSPS) is 12.8. The van der Waals surface area contributed by atoms with Crippen LogP contribution in [-0.4, -0.2) is 37.9 Å². The van der Waals surface area contributed by atoms with Crippen molar-refractivity contribution in [1.82, 2.24) is 5.32 Å². The van der Waals surface area contributed by atoms with Gasteiger partial charge >= 0.3 is 12.1 Å². The Balaban J connectivity index is 4.11. The molecule has 0 heterocycles. The molecule has 6 nitrogen and oxygen atoms in total. The lowest BCUT2D eigenvalue weighted by atomic mass is 9.99. The summed E-state index contributed by atoms with van der Waals surface area (Å²) < 4.78 is 9.71. The zero-order chi connectivity index (χ0) is 13.5. The molecule has 0 aliphatic carbocycles. The van der Waals surface area contributed by atoms with Crippen molar-refractivity contribution in [3.63, 3.8) is 0 Å². The SMILES string of the molecule is CCOC(=O)[C@H](CN)NC(=O)OCC(C)(C)C. The van der Waals surface area contributed by atoms with Crippen molar-refractivity contribution in [3.05, 3.63) is 0 Å². The molecular formula is C11H22N2O4. The van der Waals surface area contributed by atoms with Gasteiger partial charge in [-0.2, -0.15) is 0 Å². The summed E-state index contributed by atoms with van der Waals surface area (Å²) in [7, 11) is 0. The molecule has 0 aliphatic heterocycles. The number of alkyl carbamates (subject to hydrolysis) is 1. The first kappa shape index (κ1) is 15.7. The molecule has 0 unspecified atom stereocenters. The van der Waals surface area contributed by atoms with E-state index >= 15 is 0 Å². The van der Waals surface area contributed by atoms with E-state index in [4.69, 9.17) is 15.2 Å². The molecule has 0 aromatic heterocycles. The molecule has 17 heavy (non-hydrogen) atoms. The van der Waals surface area contributed by atoms with Gasteiger partial charge < -0.3 is 20.5 Å². The van der Waals surface area contributed by atoms with Gasteiger partial charge in [0, 0.05) is 6.54 Å². The van der Waals surface area contributed by atoms with Gasteiger partial charge in [0.25, 0.3) is 0 Å². The highest BCUT2D eigenvalue weighted by Gasteiger charge is 2.22. The van der Waals surface area contributed by atoms with Crippen molar-refractivity contribution in [2.45, 2.75) is 33.7 Å². The first-order valence-corrected chi connectivity index (χ1v) is 5.60. The standard InChI is InChI=1S/C11H22N2O4/c1-5-16-9(14)8(6-12)13-10(15)17-7-11(2,3)4/h8H,5-7,12H2,1-4H3,(H,13,15)/t8-/m0/s1. The minimum absolute atomic E-state index is 0.0244. The molecule has 3 N–H and O–H groups in total. The molecule has 0 saturated heterocycles. The molecule has 0 rings (SSSR count). The number of amides is 1. The third kappa shape index (κ3) is 7.57. The number of rotatable bonds is 5. The molecular weight excluding hydrogens is 224 g/mol. The van der Waals surface area contributed by atoms with Gasteiger partial charge in [0.1, 0.15) is 6.04 Å². The summed E-state index contributed by atoms with van der Waals surface area (Å²) in [5, 5.41) is 2.36. The van der Waals surface area contributed by atoms with Gasteiger partial charge in [-0.25, -0.2) is 9.59 Å². The van der Waals surface area contributed by atoms with E-state index in [-0.39, 0.29) is 25.2 Å². The fourth-order valence-corrected chi connectivity index (χ4v) is 0.923. The van der Waals surface area contributed by atoms with E-state index in [1.54, 1.807) is 6.92 Å². The number of esters is 1. The number of nitrogens with two attached hydrogens (primary N) is 1. The van der Waals surface area contributed by atoms with Crippen LogP contribution >= 0.6 is 0 Å². The second kappa shape index (κ2) is 7.11. The lowest BCUT2D eigenvalue weighted by molar-refractivity contribution is -0.145. The van der Waals surface area contributed by atoms with Gasteiger partial charge in [-0.15, -0.1) is 0 Å². The van der Waals surface area contributed by atoms with Crippen LogP contribution in [0, 0.1) is 5.41 Å². The summed E-state index contributed by atoms with van der Waals surface area (Å²) >= 11 is 0. The lowest BCUT2D eigenvalue weighted by Crippen LogP contribution is -2.47. The minimum Gasteiger partial charge on any atom is -0.464 e. The number of carbonyl (C=O) groups excluding carboxylic acids is 2. The summed E-state index contributed by atoms with van der Waals surface area (Å²) in [6.07, 6.45) is -0.663. The molecule has 100 valence electrons. The first-order chi connectivity index (χ1) is 7.80. The monoisotopic (exact) mass is 246 g/mol. The van der Waals surface area contributed by atoms with E-state index in [1.807, 2.05) is 20.8 Å². The van der Waals surface area contributed by atoms with Crippen LogP contribution in [0.2, 0.25) is 0 Å². The smallest absolute Gasteiger partial charge is 0.407 e. The number of carbonyl (C=O) groups is 2. The summed E-state index contributed by atoms with van der Waals surface area (Å²) in [4.78, 5) is 22.7. The predicted molar refractivity (Wildman–Crippen MR) is 63.4 cm³/mol. The van der Waals surface area contributed by atoms with E-state index in [2.05, 4.69) is 5.32 Å². The molecule has 0 aromatic carbocycles. The van der Waals surface area contributed by atoms with Crippen molar-refractivity contribution >= 4 is 12.1 Å². The Labute approximate surface area is 102 Å². The zero-order valence-electron chi connectivity index (χ0n) is 10.9. The maximum Gasteiger partial charge on any atom is 0.407 e. The Morgan fingerprint density at radius 2 is 1.88 bits per heavy atom. The fraction of sp³-hybridized carbons (Fsp3) is 0.818. The molecule has 6 heteroatoms. The van der Waals surface area contributed by atoms with Crippen molar-refractivity contribution in [2.24, 2.45) is 11.1 Å². The molecule has 0 bridgehead atoms. The van der Waals surface area contributed by atoms with Crippen molar-refractivity contribution < 1.29 is 19.1 Å². The molecule has 0 fully saturated rings. The van der Waals surface area contributed by atoms with Crippen LogP contribution in [0.15, 0.2) is 0 Å². The van der Waals surface area contributed by atoms with Gasteiger partial charge in [-0.3, -0.25) is 0 Å². The van der Waals surface area contributed by atoms with Crippen LogP contribution in [0.3, 0.4) is 0 Å². The Kier molecular flexibility index (Phi) is 6.57. The zero-order valence-corrected chi connectivity index (χ0v) is 10.9. The van der Waals surface area contributed by atoms with Gasteiger partial charge in [-0.05, 0) is 12.3 Å². The minimum atomic E-state index is -0.859. The highest BCUT2D eigenvalue weighted by atomic mass is 16.6. The number of ether oxygens (including phenoxy) is 2. The molecule has 0 spiro atoms. The Morgan fingerprint density at radius 3 is 2.29 bits per heavy atom. The molecule has 1 atom stereocenters. The van der Waals surface area contributed by atoms with Gasteiger partial charge in [0.2, 0.25) is 0 Å². The summed E-state index contributed by atoms with van der Waals surface area (Å²) in [6, 6.07) is -0.859. The highest BCUT2D eigenvalue weighted by Crippen LogP contribution is 2.12. The van der Waals surface area contributed by atoms with E-state index in [0.717, 1.165) is 0 Å². The van der Waals surface area contributed by atoms with Crippen molar-refractivity contribution in [1.29, 1.82) is 0 Å². The Hall–Kier alpha value is -1.30.